The van der Waals surface area contributed by atoms with E-state index >= 15 is 4.39 Å². The van der Waals surface area contributed by atoms with Crippen LogP contribution in [0.5, 0.6) is 0 Å². The largest absolute Gasteiger partial charge is 0.465 e. The summed E-state index contributed by atoms with van der Waals surface area (Å²) in [4.78, 5) is 26.2. The number of benzene rings is 2. The number of hydrogen-bond acceptors (Lipinski definition) is 5. The van der Waals surface area contributed by atoms with E-state index in [1.165, 1.54) is 18.2 Å². The van der Waals surface area contributed by atoms with E-state index in [0.29, 0.717) is 22.4 Å². The first-order valence-electron chi connectivity index (χ1n) is 9.84. The summed E-state index contributed by atoms with van der Waals surface area (Å²) >= 11 is 0. The molecule has 1 aliphatic carbocycles. The number of halogens is 1. The Balaban J connectivity index is 1.80. The molecule has 0 atom stereocenters. The van der Waals surface area contributed by atoms with E-state index in [2.05, 4.69) is 10.3 Å². The first-order valence-corrected chi connectivity index (χ1v) is 9.84. The van der Waals surface area contributed by atoms with Crippen LogP contribution in [-0.4, -0.2) is 31.8 Å². The fourth-order valence-electron chi connectivity index (χ4n) is 4.47. The van der Waals surface area contributed by atoms with Crippen molar-refractivity contribution in [1.29, 1.82) is 0 Å². The summed E-state index contributed by atoms with van der Waals surface area (Å²) in [5.74, 6) is -0.661. The van der Waals surface area contributed by atoms with Crippen molar-refractivity contribution in [2.45, 2.75) is 30.9 Å². The number of aromatic nitrogens is 1. The summed E-state index contributed by atoms with van der Waals surface area (Å²) in [6, 6.07) is 14.6. The number of carboxylic acid groups (broad SMARTS) is 1. The quantitative estimate of drug-likeness (QED) is 0.399. The molecular formula is C23H20FN3O5. The van der Waals surface area contributed by atoms with E-state index in [4.69, 9.17) is 0 Å². The molecule has 1 fully saturated rings. The van der Waals surface area contributed by atoms with Crippen LogP contribution in [0.3, 0.4) is 0 Å². The van der Waals surface area contributed by atoms with Crippen molar-refractivity contribution in [2.75, 3.05) is 0 Å². The van der Waals surface area contributed by atoms with E-state index in [0.717, 1.165) is 6.20 Å². The van der Waals surface area contributed by atoms with Gasteiger partial charge in [-0.15, -0.1) is 0 Å². The van der Waals surface area contributed by atoms with Gasteiger partial charge in [0.05, 0.1) is 21.8 Å². The maximum absolute atomic E-state index is 15.2. The number of pyridine rings is 1. The Kier molecular flexibility index (Phi) is 5.14. The standard InChI is InChI=1S/C23H20FN3O5/c1-22(30)12-23(13-22,26-21(28)29)18-8-7-15(9-19(18)24)20-17(14-5-3-2-4-6-14)10-16(11-25-20)27(31)32/h2-11,26,30H,12-13H2,1H3,(H,28,29)/t22-,23+. The number of nitrogens with zero attached hydrogens (tertiary/aromatic N) is 2. The molecule has 1 amide bonds. The molecule has 3 aromatic rings. The lowest BCUT2D eigenvalue weighted by Gasteiger charge is -2.51. The molecule has 1 aliphatic rings. The van der Waals surface area contributed by atoms with Crippen LogP contribution in [-0.2, 0) is 5.54 Å². The molecule has 1 heterocycles. The van der Waals surface area contributed by atoms with Gasteiger partial charge in [-0.3, -0.25) is 10.1 Å². The van der Waals surface area contributed by atoms with Crippen molar-refractivity contribution in [1.82, 2.24) is 10.3 Å². The topological polar surface area (TPSA) is 126 Å². The normalized spacial score (nSPS) is 22.1. The second-order valence-electron chi connectivity index (χ2n) is 8.27. The van der Waals surface area contributed by atoms with Gasteiger partial charge in [-0.1, -0.05) is 42.5 Å². The zero-order valence-electron chi connectivity index (χ0n) is 17.1. The highest BCUT2D eigenvalue weighted by Crippen LogP contribution is 2.49. The molecule has 32 heavy (non-hydrogen) atoms. The Labute approximate surface area is 182 Å². The molecule has 0 radical (unpaired) electrons. The lowest BCUT2D eigenvalue weighted by atomic mass is 9.62. The molecule has 0 saturated heterocycles. The lowest BCUT2D eigenvalue weighted by molar-refractivity contribution is -0.385. The van der Waals surface area contributed by atoms with E-state index in [1.54, 1.807) is 37.3 Å². The molecule has 0 bridgehead atoms. The third kappa shape index (κ3) is 3.90. The average molecular weight is 437 g/mol. The highest BCUT2D eigenvalue weighted by atomic mass is 19.1. The van der Waals surface area contributed by atoms with Crippen molar-refractivity contribution < 1.29 is 24.3 Å². The fraction of sp³-hybridized carbons (Fsp3) is 0.217. The van der Waals surface area contributed by atoms with Gasteiger partial charge in [-0.05, 0) is 18.6 Å². The summed E-state index contributed by atoms with van der Waals surface area (Å²) in [5, 5.41) is 33.0. The Hall–Kier alpha value is -3.85. The predicted molar refractivity (Wildman–Crippen MR) is 114 cm³/mol. The molecule has 8 nitrogen and oxygen atoms in total. The Morgan fingerprint density at radius 3 is 2.41 bits per heavy atom. The Morgan fingerprint density at radius 1 is 1.16 bits per heavy atom. The third-order valence-corrected chi connectivity index (χ3v) is 5.64. The van der Waals surface area contributed by atoms with Gasteiger partial charge in [0, 0.05) is 35.6 Å². The van der Waals surface area contributed by atoms with Crippen molar-refractivity contribution in [3.05, 3.63) is 82.3 Å². The first-order chi connectivity index (χ1) is 15.1. The monoisotopic (exact) mass is 437 g/mol. The molecule has 164 valence electrons. The van der Waals surface area contributed by atoms with E-state index in [1.807, 2.05) is 6.07 Å². The zero-order valence-corrected chi connectivity index (χ0v) is 17.1. The van der Waals surface area contributed by atoms with Crippen LogP contribution in [0.2, 0.25) is 0 Å². The Bertz CT molecular complexity index is 1210. The van der Waals surface area contributed by atoms with Crippen molar-refractivity contribution in [2.24, 2.45) is 0 Å². The lowest BCUT2D eigenvalue weighted by Crippen LogP contribution is -2.62. The fourth-order valence-corrected chi connectivity index (χ4v) is 4.47. The summed E-state index contributed by atoms with van der Waals surface area (Å²) in [7, 11) is 0. The molecule has 1 saturated carbocycles. The van der Waals surface area contributed by atoms with Crippen LogP contribution in [0.25, 0.3) is 22.4 Å². The van der Waals surface area contributed by atoms with Crippen LogP contribution in [0.1, 0.15) is 25.3 Å². The van der Waals surface area contributed by atoms with Crippen LogP contribution < -0.4 is 5.32 Å². The average Bonchev–Trinajstić information content (AvgIpc) is 2.71. The molecule has 0 unspecified atom stereocenters. The highest BCUT2D eigenvalue weighted by Gasteiger charge is 2.54. The number of rotatable bonds is 5. The molecule has 0 spiro atoms. The van der Waals surface area contributed by atoms with Gasteiger partial charge in [0.15, 0.2) is 0 Å². The van der Waals surface area contributed by atoms with Gasteiger partial charge in [-0.2, -0.15) is 0 Å². The molecule has 2 aromatic carbocycles. The molecule has 4 rings (SSSR count). The summed E-state index contributed by atoms with van der Waals surface area (Å²) in [6.45, 7) is 1.56. The Morgan fingerprint density at radius 2 is 1.84 bits per heavy atom. The number of aliphatic hydroxyl groups is 1. The van der Waals surface area contributed by atoms with Gasteiger partial charge in [0.1, 0.15) is 12.0 Å². The van der Waals surface area contributed by atoms with Gasteiger partial charge in [0.2, 0.25) is 0 Å². The van der Waals surface area contributed by atoms with Crippen LogP contribution in [0.15, 0.2) is 60.8 Å². The van der Waals surface area contributed by atoms with Gasteiger partial charge in [-0.25, -0.2) is 14.2 Å². The van der Waals surface area contributed by atoms with E-state index in [-0.39, 0.29) is 24.1 Å². The van der Waals surface area contributed by atoms with Crippen LogP contribution >= 0.6 is 0 Å². The number of amides is 1. The van der Waals surface area contributed by atoms with Gasteiger partial charge >= 0.3 is 6.09 Å². The predicted octanol–water partition coefficient (Wildman–Crippen LogP) is 4.47. The highest BCUT2D eigenvalue weighted by molar-refractivity contribution is 5.82. The third-order valence-electron chi connectivity index (χ3n) is 5.64. The van der Waals surface area contributed by atoms with Crippen LogP contribution in [0, 0.1) is 15.9 Å². The van der Waals surface area contributed by atoms with E-state index < -0.39 is 28.0 Å². The van der Waals surface area contributed by atoms with E-state index in [9.17, 15) is 25.1 Å². The molecule has 9 heteroatoms. The summed E-state index contributed by atoms with van der Waals surface area (Å²) in [5.41, 5.74) is -0.509. The molecule has 0 aliphatic heterocycles. The minimum Gasteiger partial charge on any atom is -0.465 e. The molecule has 1 aromatic heterocycles. The van der Waals surface area contributed by atoms with Crippen molar-refractivity contribution >= 4 is 11.8 Å². The number of carbonyl (C=O) groups is 1. The second-order valence-corrected chi connectivity index (χ2v) is 8.27. The van der Waals surface area contributed by atoms with Crippen LogP contribution in [0.4, 0.5) is 14.9 Å². The van der Waals surface area contributed by atoms with Crippen molar-refractivity contribution in [3.63, 3.8) is 0 Å². The maximum Gasteiger partial charge on any atom is 0.405 e. The smallest absolute Gasteiger partial charge is 0.405 e. The minimum atomic E-state index is -1.31. The van der Waals surface area contributed by atoms with Gasteiger partial charge < -0.3 is 15.5 Å². The number of hydrogen-bond donors (Lipinski definition) is 3. The number of nitro groups is 1. The second kappa shape index (κ2) is 7.69. The minimum absolute atomic E-state index is 0.0353. The van der Waals surface area contributed by atoms with Crippen molar-refractivity contribution in [3.8, 4) is 22.4 Å². The van der Waals surface area contributed by atoms with Gasteiger partial charge in [0.25, 0.3) is 5.69 Å². The molecular weight excluding hydrogens is 417 g/mol. The SMILES string of the molecule is C[C@]1(O)C[C@](NC(=O)O)(c2ccc(-c3ncc([N+](=O)[O-])cc3-c3ccccc3)cc2F)C1. The molecule has 3 N–H and O–H groups in total. The summed E-state index contributed by atoms with van der Waals surface area (Å²) < 4.78 is 15.2. The first kappa shape index (κ1) is 21.4. The number of nitrogens with one attached hydrogen (secondary N) is 1. The maximum atomic E-state index is 15.2. The zero-order chi connectivity index (χ0) is 23.1. The summed E-state index contributed by atoms with van der Waals surface area (Å²) in [6.07, 6.45) is -0.127.